The molecule has 0 spiro atoms. The minimum atomic E-state index is -0.573. The van der Waals surface area contributed by atoms with E-state index < -0.39 is 5.97 Å². The van der Waals surface area contributed by atoms with Crippen molar-refractivity contribution < 1.29 is 14.3 Å². The topological polar surface area (TPSA) is 59.3 Å². The van der Waals surface area contributed by atoms with E-state index in [-0.39, 0.29) is 17.0 Å². The number of ether oxygens (including phenoxy) is 2. The third kappa shape index (κ3) is 2.10. The van der Waals surface area contributed by atoms with Crippen LogP contribution in [0.2, 0.25) is 0 Å². The molecular formula is C11H10ClNO3. The molecule has 0 aliphatic rings. The Morgan fingerprint density at radius 2 is 2.19 bits per heavy atom. The predicted octanol–water partition coefficient (Wildman–Crippen LogP) is 2.09. The van der Waals surface area contributed by atoms with Gasteiger partial charge in [-0.15, -0.1) is 11.6 Å². The minimum absolute atomic E-state index is 0.146. The van der Waals surface area contributed by atoms with Crippen LogP contribution < -0.4 is 4.74 Å². The van der Waals surface area contributed by atoms with Crippen LogP contribution in [0.4, 0.5) is 0 Å². The SMILES string of the molecule is COC(=O)c1ccc(CCl)c(OC)c1C#N. The van der Waals surface area contributed by atoms with Gasteiger partial charge in [0.25, 0.3) is 0 Å². The molecule has 84 valence electrons. The van der Waals surface area contributed by atoms with E-state index in [1.165, 1.54) is 20.3 Å². The van der Waals surface area contributed by atoms with Crippen molar-refractivity contribution in [1.29, 1.82) is 5.26 Å². The Morgan fingerprint density at radius 3 is 2.62 bits per heavy atom. The number of esters is 1. The van der Waals surface area contributed by atoms with Gasteiger partial charge in [0.2, 0.25) is 0 Å². The summed E-state index contributed by atoms with van der Waals surface area (Å²) < 4.78 is 9.65. The van der Waals surface area contributed by atoms with E-state index in [1.807, 2.05) is 6.07 Å². The van der Waals surface area contributed by atoms with Gasteiger partial charge in [-0.2, -0.15) is 5.26 Å². The molecule has 0 aliphatic carbocycles. The van der Waals surface area contributed by atoms with Crippen LogP contribution in [0, 0.1) is 11.3 Å². The number of rotatable bonds is 3. The summed E-state index contributed by atoms with van der Waals surface area (Å²) in [5.74, 6) is -0.0457. The lowest BCUT2D eigenvalue weighted by Gasteiger charge is -2.10. The first-order chi connectivity index (χ1) is 7.69. The summed E-state index contributed by atoms with van der Waals surface area (Å²) in [4.78, 5) is 11.4. The average Bonchev–Trinajstić information content (AvgIpc) is 2.35. The van der Waals surface area contributed by atoms with Gasteiger partial charge in [0, 0.05) is 5.56 Å². The van der Waals surface area contributed by atoms with E-state index in [0.717, 1.165) is 0 Å². The molecule has 0 saturated heterocycles. The van der Waals surface area contributed by atoms with Crippen molar-refractivity contribution in [3.8, 4) is 11.8 Å². The van der Waals surface area contributed by atoms with E-state index in [0.29, 0.717) is 11.3 Å². The first-order valence-electron chi connectivity index (χ1n) is 4.43. The fraction of sp³-hybridized carbons (Fsp3) is 0.273. The third-order valence-electron chi connectivity index (χ3n) is 2.10. The fourth-order valence-corrected chi connectivity index (χ4v) is 1.57. The Balaban J connectivity index is 3.45. The molecule has 4 nitrogen and oxygen atoms in total. The summed E-state index contributed by atoms with van der Waals surface area (Å²) in [5.41, 5.74) is 0.983. The molecule has 0 saturated carbocycles. The number of nitrogens with zero attached hydrogens (tertiary/aromatic N) is 1. The highest BCUT2D eigenvalue weighted by Crippen LogP contribution is 2.28. The Labute approximate surface area is 98.3 Å². The molecule has 0 aliphatic heterocycles. The quantitative estimate of drug-likeness (QED) is 0.599. The van der Waals surface area contributed by atoms with E-state index >= 15 is 0 Å². The summed E-state index contributed by atoms with van der Waals surface area (Å²) in [5, 5.41) is 9.01. The molecule has 0 heterocycles. The molecular weight excluding hydrogens is 230 g/mol. The molecule has 0 aromatic heterocycles. The lowest BCUT2D eigenvalue weighted by atomic mass is 10.0. The van der Waals surface area contributed by atoms with Crippen molar-refractivity contribution in [2.45, 2.75) is 5.88 Å². The second-order valence-corrected chi connectivity index (χ2v) is 3.18. The van der Waals surface area contributed by atoms with Crippen LogP contribution in [0.5, 0.6) is 5.75 Å². The molecule has 1 aromatic rings. The number of carbonyl (C=O) groups excluding carboxylic acids is 1. The molecule has 0 amide bonds. The average molecular weight is 240 g/mol. The van der Waals surface area contributed by atoms with Crippen LogP contribution in [0.15, 0.2) is 12.1 Å². The highest BCUT2D eigenvalue weighted by molar-refractivity contribution is 6.17. The molecule has 0 N–H and O–H groups in total. The largest absolute Gasteiger partial charge is 0.495 e. The minimum Gasteiger partial charge on any atom is -0.495 e. The summed E-state index contributed by atoms with van der Waals surface area (Å²) in [6.45, 7) is 0. The first kappa shape index (κ1) is 12.3. The number of hydrogen-bond acceptors (Lipinski definition) is 4. The zero-order valence-corrected chi connectivity index (χ0v) is 9.67. The van der Waals surface area contributed by atoms with E-state index in [4.69, 9.17) is 21.6 Å². The van der Waals surface area contributed by atoms with Crippen molar-refractivity contribution >= 4 is 17.6 Å². The lowest BCUT2D eigenvalue weighted by Crippen LogP contribution is -2.06. The molecule has 16 heavy (non-hydrogen) atoms. The van der Waals surface area contributed by atoms with Gasteiger partial charge in [-0.25, -0.2) is 4.79 Å². The Bertz CT molecular complexity index is 451. The second-order valence-electron chi connectivity index (χ2n) is 2.92. The second kappa shape index (κ2) is 5.38. The van der Waals surface area contributed by atoms with Gasteiger partial charge >= 0.3 is 5.97 Å². The summed E-state index contributed by atoms with van der Waals surface area (Å²) in [6, 6.07) is 5.06. The van der Waals surface area contributed by atoms with Crippen LogP contribution >= 0.6 is 11.6 Å². The van der Waals surface area contributed by atoms with Crippen molar-refractivity contribution in [3.63, 3.8) is 0 Å². The number of hydrogen-bond donors (Lipinski definition) is 0. The normalized spacial score (nSPS) is 9.38. The Kier molecular flexibility index (Phi) is 4.15. The van der Waals surface area contributed by atoms with Crippen LogP contribution in [0.1, 0.15) is 21.5 Å². The molecule has 0 radical (unpaired) electrons. The standard InChI is InChI=1S/C11H10ClNO3/c1-15-10-7(5-12)3-4-8(9(10)6-13)11(14)16-2/h3-4H,5H2,1-2H3. The van der Waals surface area contributed by atoms with Crippen LogP contribution in [0.3, 0.4) is 0 Å². The maximum Gasteiger partial charge on any atom is 0.339 e. The highest BCUT2D eigenvalue weighted by atomic mass is 35.5. The van der Waals surface area contributed by atoms with Crippen molar-refractivity contribution in [2.75, 3.05) is 14.2 Å². The number of nitriles is 1. The zero-order valence-electron chi connectivity index (χ0n) is 8.91. The van der Waals surface area contributed by atoms with Gasteiger partial charge in [-0.1, -0.05) is 6.07 Å². The summed E-state index contributed by atoms with van der Waals surface area (Å²) >= 11 is 5.70. The molecule has 0 unspecified atom stereocenters. The summed E-state index contributed by atoms with van der Waals surface area (Å²) in [7, 11) is 2.68. The van der Waals surface area contributed by atoms with Gasteiger partial charge < -0.3 is 9.47 Å². The molecule has 0 atom stereocenters. The monoisotopic (exact) mass is 239 g/mol. The van der Waals surface area contributed by atoms with E-state index in [1.54, 1.807) is 6.07 Å². The van der Waals surface area contributed by atoms with Gasteiger partial charge in [0.15, 0.2) is 0 Å². The van der Waals surface area contributed by atoms with Crippen LogP contribution in [0.25, 0.3) is 0 Å². The highest BCUT2D eigenvalue weighted by Gasteiger charge is 2.18. The Hall–Kier alpha value is -1.73. The number of benzene rings is 1. The van der Waals surface area contributed by atoms with Gasteiger partial charge in [-0.3, -0.25) is 0 Å². The number of methoxy groups -OCH3 is 2. The van der Waals surface area contributed by atoms with Crippen LogP contribution in [-0.4, -0.2) is 20.2 Å². The zero-order chi connectivity index (χ0) is 12.1. The fourth-order valence-electron chi connectivity index (χ4n) is 1.36. The van der Waals surface area contributed by atoms with Crippen molar-refractivity contribution in [2.24, 2.45) is 0 Å². The van der Waals surface area contributed by atoms with Crippen molar-refractivity contribution in [3.05, 3.63) is 28.8 Å². The molecule has 1 aromatic carbocycles. The van der Waals surface area contributed by atoms with E-state index in [9.17, 15) is 4.79 Å². The maximum atomic E-state index is 11.4. The number of alkyl halides is 1. The van der Waals surface area contributed by atoms with Gasteiger partial charge in [-0.05, 0) is 6.07 Å². The van der Waals surface area contributed by atoms with Crippen molar-refractivity contribution in [1.82, 2.24) is 0 Å². The Morgan fingerprint density at radius 1 is 1.50 bits per heavy atom. The van der Waals surface area contributed by atoms with Gasteiger partial charge in [0.1, 0.15) is 17.4 Å². The lowest BCUT2D eigenvalue weighted by molar-refractivity contribution is 0.0600. The number of carbonyl (C=O) groups is 1. The summed E-state index contributed by atoms with van der Waals surface area (Å²) in [6.07, 6.45) is 0. The van der Waals surface area contributed by atoms with E-state index in [2.05, 4.69) is 4.74 Å². The smallest absolute Gasteiger partial charge is 0.339 e. The molecule has 0 bridgehead atoms. The maximum absolute atomic E-state index is 11.4. The molecule has 0 fully saturated rings. The molecule has 1 rings (SSSR count). The first-order valence-corrected chi connectivity index (χ1v) is 4.97. The molecule has 5 heteroatoms. The van der Waals surface area contributed by atoms with Gasteiger partial charge in [0.05, 0.1) is 25.7 Å². The predicted molar refractivity (Wildman–Crippen MR) is 58.6 cm³/mol. The third-order valence-corrected chi connectivity index (χ3v) is 2.39. The number of halogens is 1. The van der Waals surface area contributed by atoms with Crippen LogP contribution in [-0.2, 0) is 10.6 Å².